The molecule has 1 saturated carbocycles. The van der Waals surface area contributed by atoms with Gasteiger partial charge >= 0.3 is 5.97 Å². The molecule has 0 aliphatic heterocycles. The van der Waals surface area contributed by atoms with Crippen molar-refractivity contribution < 1.29 is 19.4 Å². The van der Waals surface area contributed by atoms with Gasteiger partial charge in [-0.15, -0.1) is 0 Å². The molecule has 0 heterocycles. The number of carbonyl (C=O) groups excluding carboxylic acids is 1. The standard InChI is InChI=1S/C20H29NO4/c1-14-9-16(11-20(2,3)10-14)19(24)21(4)12-15-5-7-17(8-6-15)25-13-18(22)23/h5-8,14,16H,9-13H2,1-4H3,(H,22,23). The molecule has 25 heavy (non-hydrogen) atoms. The van der Waals surface area contributed by atoms with E-state index in [-0.39, 0.29) is 23.8 Å². The van der Waals surface area contributed by atoms with Crippen LogP contribution in [0, 0.1) is 17.3 Å². The SMILES string of the molecule is CC1CC(C(=O)N(C)Cc2ccc(OCC(=O)O)cc2)CC(C)(C)C1. The first-order valence-electron chi connectivity index (χ1n) is 8.85. The zero-order valence-electron chi connectivity index (χ0n) is 15.6. The van der Waals surface area contributed by atoms with E-state index in [9.17, 15) is 9.59 Å². The quantitative estimate of drug-likeness (QED) is 0.854. The molecule has 1 aromatic rings. The van der Waals surface area contributed by atoms with Gasteiger partial charge in [-0.1, -0.05) is 32.9 Å². The Balaban J connectivity index is 1.93. The Hall–Kier alpha value is -2.04. The number of carboxylic acids is 1. The minimum atomic E-state index is -1.00. The van der Waals surface area contributed by atoms with Crippen molar-refractivity contribution in [1.82, 2.24) is 4.90 Å². The minimum Gasteiger partial charge on any atom is -0.482 e. The molecule has 2 rings (SSSR count). The van der Waals surface area contributed by atoms with Crippen molar-refractivity contribution in [3.8, 4) is 5.75 Å². The van der Waals surface area contributed by atoms with Crippen molar-refractivity contribution in [2.45, 2.75) is 46.6 Å². The zero-order valence-corrected chi connectivity index (χ0v) is 15.6. The summed E-state index contributed by atoms with van der Waals surface area (Å²) in [5, 5.41) is 8.62. The van der Waals surface area contributed by atoms with Crippen LogP contribution in [0.4, 0.5) is 0 Å². The van der Waals surface area contributed by atoms with Crippen LogP contribution >= 0.6 is 0 Å². The van der Waals surface area contributed by atoms with Gasteiger partial charge < -0.3 is 14.7 Å². The first kappa shape index (κ1) is 19.3. The van der Waals surface area contributed by atoms with Gasteiger partial charge in [-0.3, -0.25) is 4.79 Å². The van der Waals surface area contributed by atoms with Gasteiger partial charge in [0.05, 0.1) is 0 Å². The molecule has 0 aromatic heterocycles. The number of hydrogen-bond donors (Lipinski definition) is 1. The van der Waals surface area contributed by atoms with Gasteiger partial charge in [0.1, 0.15) is 5.75 Å². The third-order valence-electron chi connectivity index (χ3n) is 4.82. The van der Waals surface area contributed by atoms with Crippen LogP contribution in [-0.2, 0) is 16.1 Å². The van der Waals surface area contributed by atoms with Crippen LogP contribution in [-0.4, -0.2) is 35.5 Å². The number of aliphatic carboxylic acids is 1. The zero-order chi connectivity index (χ0) is 18.6. The summed E-state index contributed by atoms with van der Waals surface area (Å²) < 4.78 is 5.12. The minimum absolute atomic E-state index is 0.0990. The molecule has 2 atom stereocenters. The topological polar surface area (TPSA) is 66.8 Å². The number of ether oxygens (including phenoxy) is 1. The molecule has 5 heteroatoms. The van der Waals surface area contributed by atoms with E-state index >= 15 is 0 Å². The van der Waals surface area contributed by atoms with E-state index in [2.05, 4.69) is 20.8 Å². The fraction of sp³-hybridized carbons (Fsp3) is 0.600. The first-order valence-corrected chi connectivity index (χ1v) is 8.85. The van der Waals surface area contributed by atoms with Crippen molar-refractivity contribution in [1.29, 1.82) is 0 Å². The van der Waals surface area contributed by atoms with Crippen molar-refractivity contribution in [2.75, 3.05) is 13.7 Å². The van der Waals surface area contributed by atoms with Crippen molar-refractivity contribution in [2.24, 2.45) is 17.3 Å². The molecular formula is C20H29NO4. The molecule has 0 saturated heterocycles. The summed E-state index contributed by atoms with van der Waals surface area (Å²) >= 11 is 0. The van der Waals surface area contributed by atoms with Gasteiger partial charge in [0.2, 0.25) is 5.91 Å². The van der Waals surface area contributed by atoms with Crippen LogP contribution in [0.2, 0.25) is 0 Å². The maximum Gasteiger partial charge on any atom is 0.341 e. The van der Waals surface area contributed by atoms with Crippen molar-refractivity contribution in [3.05, 3.63) is 29.8 Å². The molecule has 5 nitrogen and oxygen atoms in total. The molecule has 0 radical (unpaired) electrons. The number of nitrogens with zero attached hydrogens (tertiary/aromatic N) is 1. The Bertz CT molecular complexity index is 609. The summed E-state index contributed by atoms with van der Waals surface area (Å²) in [5.74, 6) is 0.409. The number of rotatable bonds is 6. The summed E-state index contributed by atoms with van der Waals surface area (Å²) in [5.41, 5.74) is 1.23. The summed E-state index contributed by atoms with van der Waals surface area (Å²) in [7, 11) is 1.85. The molecule has 138 valence electrons. The van der Waals surface area contributed by atoms with E-state index in [1.807, 2.05) is 19.2 Å². The first-order chi connectivity index (χ1) is 11.7. The average Bonchev–Trinajstić information content (AvgIpc) is 2.51. The molecule has 0 bridgehead atoms. The van der Waals surface area contributed by atoms with Crippen LogP contribution < -0.4 is 4.74 Å². The lowest BCUT2D eigenvalue weighted by Crippen LogP contribution is -2.39. The second-order valence-electron chi connectivity index (χ2n) is 8.13. The average molecular weight is 347 g/mol. The lowest BCUT2D eigenvalue weighted by atomic mass is 9.67. The molecule has 1 aromatic carbocycles. The Morgan fingerprint density at radius 1 is 1.24 bits per heavy atom. The maximum absolute atomic E-state index is 12.8. The van der Waals surface area contributed by atoms with Crippen LogP contribution in [0.15, 0.2) is 24.3 Å². The van der Waals surface area contributed by atoms with Crippen LogP contribution in [0.3, 0.4) is 0 Å². The Morgan fingerprint density at radius 3 is 2.44 bits per heavy atom. The maximum atomic E-state index is 12.8. The summed E-state index contributed by atoms with van der Waals surface area (Å²) in [6.07, 6.45) is 3.09. The number of hydrogen-bond acceptors (Lipinski definition) is 3. The largest absolute Gasteiger partial charge is 0.482 e. The predicted molar refractivity (Wildman–Crippen MR) is 96.3 cm³/mol. The predicted octanol–water partition coefficient (Wildman–Crippen LogP) is 3.57. The second-order valence-corrected chi connectivity index (χ2v) is 8.13. The van der Waals surface area contributed by atoms with Gasteiger partial charge in [-0.25, -0.2) is 4.79 Å². The van der Waals surface area contributed by atoms with Gasteiger partial charge in [0.25, 0.3) is 0 Å². The fourth-order valence-electron chi connectivity index (χ4n) is 4.03. The molecule has 2 unspecified atom stereocenters. The Morgan fingerprint density at radius 2 is 1.88 bits per heavy atom. The highest BCUT2D eigenvalue weighted by atomic mass is 16.5. The van der Waals surface area contributed by atoms with E-state index in [0.717, 1.165) is 18.4 Å². The van der Waals surface area contributed by atoms with Crippen molar-refractivity contribution >= 4 is 11.9 Å². The lowest BCUT2D eigenvalue weighted by molar-refractivity contribution is -0.139. The third-order valence-corrected chi connectivity index (χ3v) is 4.82. The highest BCUT2D eigenvalue weighted by molar-refractivity contribution is 5.78. The molecule has 1 fully saturated rings. The Labute approximate surface area is 150 Å². The van der Waals surface area contributed by atoms with Gasteiger partial charge in [0, 0.05) is 19.5 Å². The molecule has 1 N–H and O–H groups in total. The summed E-state index contributed by atoms with van der Waals surface area (Å²) in [4.78, 5) is 25.1. The van der Waals surface area contributed by atoms with Crippen LogP contribution in [0.25, 0.3) is 0 Å². The number of amides is 1. The molecule has 1 aliphatic carbocycles. The van der Waals surface area contributed by atoms with Crippen LogP contribution in [0.5, 0.6) is 5.75 Å². The number of benzene rings is 1. The van der Waals surface area contributed by atoms with Crippen LogP contribution in [0.1, 0.15) is 45.6 Å². The smallest absolute Gasteiger partial charge is 0.341 e. The summed E-state index contributed by atoms with van der Waals surface area (Å²) in [6, 6.07) is 7.22. The summed E-state index contributed by atoms with van der Waals surface area (Å²) in [6.45, 7) is 6.92. The van der Waals surface area contributed by atoms with E-state index in [1.165, 1.54) is 6.42 Å². The number of carbonyl (C=O) groups is 2. The van der Waals surface area contributed by atoms with Gasteiger partial charge in [-0.05, 0) is 48.3 Å². The third kappa shape index (κ3) is 5.76. The fourth-order valence-corrected chi connectivity index (χ4v) is 4.03. The van der Waals surface area contributed by atoms with E-state index in [1.54, 1.807) is 17.0 Å². The highest BCUT2D eigenvalue weighted by Gasteiger charge is 2.36. The highest BCUT2D eigenvalue weighted by Crippen LogP contribution is 2.42. The molecular weight excluding hydrogens is 318 g/mol. The Kier molecular flexibility index (Phi) is 6.09. The number of carboxylic acid groups (broad SMARTS) is 1. The molecule has 1 amide bonds. The molecule has 1 aliphatic rings. The monoisotopic (exact) mass is 347 g/mol. The van der Waals surface area contributed by atoms with Gasteiger partial charge in [0.15, 0.2) is 6.61 Å². The van der Waals surface area contributed by atoms with E-state index in [0.29, 0.717) is 18.2 Å². The molecule has 0 spiro atoms. The van der Waals surface area contributed by atoms with Crippen molar-refractivity contribution in [3.63, 3.8) is 0 Å². The van der Waals surface area contributed by atoms with E-state index in [4.69, 9.17) is 9.84 Å². The van der Waals surface area contributed by atoms with E-state index < -0.39 is 5.97 Å². The lowest BCUT2D eigenvalue weighted by Gasteiger charge is -2.39. The second kappa shape index (κ2) is 7.89. The normalized spacial score (nSPS) is 22.2. The van der Waals surface area contributed by atoms with Gasteiger partial charge in [-0.2, -0.15) is 0 Å².